The fourth-order valence-corrected chi connectivity index (χ4v) is 5.33. The summed E-state index contributed by atoms with van der Waals surface area (Å²) in [4.78, 5) is 14.7. The number of anilines is 1. The molecule has 9 heteroatoms. The maximum absolute atomic E-state index is 13.0. The maximum atomic E-state index is 13.0. The standard InChI is InChI=1S/C21H25BrFN3O3S/c1-14-3-8-20(19(22)13-14)24-21(27)15(2)26-11-9-17(10-12-26)25-30(28,29)18-6-4-16(23)5-7-18/h3-8,13,15,17,25H,9-12H2,1-2H3,(H,24,27). The molecule has 1 aliphatic rings. The van der Waals surface area contributed by atoms with Crippen LogP contribution in [0.25, 0.3) is 0 Å². The summed E-state index contributed by atoms with van der Waals surface area (Å²) < 4.78 is 41.5. The van der Waals surface area contributed by atoms with Gasteiger partial charge in [-0.25, -0.2) is 17.5 Å². The van der Waals surface area contributed by atoms with Gasteiger partial charge in [-0.05, 0) is 84.6 Å². The first-order valence-corrected chi connectivity index (χ1v) is 12.0. The Bertz CT molecular complexity index is 1010. The Labute approximate surface area is 185 Å². The molecule has 1 unspecified atom stereocenters. The van der Waals surface area contributed by atoms with E-state index < -0.39 is 15.8 Å². The summed E-state index contributed by atoms with van der Waals surface area (Å²) in [5.41, 5.74) is 1.82. The predicted octanol–water partition coefficient (Wildman–Crippen LogP) is 3.67. The molecule has 0 aliphatic carbocycles. The number of hydrogen-bond acceptors (Lipinski definition) is 4. The van der Waals surface area contributed by atoms with Crippen molar-refractivity contribution in [2.75, 3.05) is 18.4 Å². The third-order valence-electron chi connectivity index (χ3n) is 5.28. The lowest BCUT2D eigenvalue weighted by Crippen LogP contribution is -2.50. The van der Waals surface area contributed by atoms with Gasteiger partial charge in [0.1, 0.15) is 5.82 Å². The Kier molecular flexibility index (Phi) is 7.28. The molecule has 0 aromatic heterocycles. The van der Waals surface area contributed by atoms with Gasteiger partial charge in [-0.1, -0.05) is 6.07 Å². The average Bonchev–Trinajstić information content (AvgIpc) is 2.70. The molecule has 3 rings (SSSR count). The van der Waals surface area contributed by atoms with Crippen LogP contribution in [-0.2, 0) is 14.8 Å². The molecule has 1 atom stereocenters. The Morgan fingerprint density at radius 3 is 2.40 bits per heavy atom. The normalized spacial score (nSPS) is 16.9. The van der Waals surface area contributed by atoms with E-state index in [1.165, 1.54) is 12.1 Å². The van der Waals surface area contributed by atoms with Crippen molar-refractivity contribution < 1.29 is 17.6 Å². The van der Waals surface area contributed by atoms with E-state index >= 15 is 0 Å². The van der Waals surface area contributed by atoms with Gasteiger partial charge < -0.3 is 5.32 Å². The minimum Gasteiger partial charge on any atom is -0.324 e. The highest BCUT2D eigenvalue weighted by molar-refractivity contribution is 9.10. The van der Waals surface area contributed by atoms with Crippen LogP contribution in [-0.4, -0.2) is 44.4 Å². The van der Waals surface area contributed by atoms with Gasteiger partial charge in [-0.3, -0.25) is 9.69 Å². The van der Waals surface area contributed by atoms with Crippen LogP contribution < -0.4 is 10.0 Å². The molecule has 0 bridgehead atoms. The van der Waals surface area contributed by atoms with Crippen molar-refractivity contribution in [1.29, 1.82) is 0 Å². The molecule has 0 spiro atoms. The molecule has 162 valence electrons. The monoisotopic (exact) mass is 497 g/mol. The number of rotatable bonds is 6. The zero-order chi connectivity index (χ0) is 21.9. The molecule has 2 aromatic carbocycles. The smallest absolute Gasteiger partial charge is 0.241 e. The highest BCUT2D eigenvalue weighted by atomic mass is 79.9. The summed E-state index contributed by atoms with van der Waals surface area (Å²) in [6.45, 7) is 5.02. The number of likely N-dealkylation sites (tertiary alicyclic amines) is 1. The van der Waals surface area contributed by atoms with Crippen LogP contribution >= 0.6 is 15.9 Å². The highest BCUT2D eigenvalue weighted by Gasteiger charge is 2.29. The first-order chi connectivity index (χ1) is 14.2. The number of nitrogens with one attached hydrogen (secondary N) is 2. The van der Waals surface area contributed by atoms with Crippen LogP contribution in [0.1, 0.15) is 25.3 Å². The Balaban J connectivity index is 1.54. The van der Waals surface area contributed by atoms with Crippen LogP contribution in [0.5, 0.6) is 0 Å². The van der Waals surface area contributed by atoms with E-state index in [1.54, 1.807) is 0 Å². The SMILES string of the molecule is Cc1ccc(NC(=O)C(C)N2CCC(NS(=O)(=O)c3ccc(F)cc3)CC2)c(Br)c1. The van der Waals surface area contributed by atoms with Crippen molar-refractivity contribution in [2.24, 2.45) is 0 Å². The molecule has 2 N–H and O–H groups in total. The zero-order valence-electron chi connectivity index (χ0n) is 16.9. The van der Waals surface area contributed by atoms with Gasteiger partial charge in [0.15, 0.2) is 0 Å². The van der Waals surface area contributed by atoms with Crippen LogP contribution in [0.3, 0.4) is 0 Å². The van der Waals surface area contributed by atoms with Crippen LogP contribution in [0.15, 0.2) is 51.8 Å². The number of halogens is 2. The number of hydrogen-bond donors (Lipinski definition) is 2. The van der Waals surface area contributed by atoms with E-state index in [4.69, 9.17) is 0 Å². The minimum absolute atomic E-state index is 0.0442. The minimum atomic E-state index is -3.70. The largest absolute Gasteiger partial charge is 0.324 e. The summed E-state index contributed by atoms with van der Waals surface area (Å²) in [6.07, 6.45) is 1.18. The molecular formula is C21H25BrFN3O3S. The van der Waals surface area contributed by atoms with Gasteiger partial charge >= 0.3 is 0 Å². The van der Waals surface area contributed by atoms with Gasteiger partial charge in [0.05, 0.1) is 16.6 Å². The number of aryl methyl sites for hydroxylation is 1. The molecular weight excluding hydrogens is 473 g/mol. The third kappa shape index (κ3) is 5.66. The number of sulfonamides is 1. The first kappa shape index (κ1) is 22.9. The second-order valence-electron chi connectivity index (χ2n) is 7.53. The summed E-state index contributed by atoms with van der Waals surface area (Å²) >= 11 is 3.47. The van der Waals surface area contributed by atoms with Crippen molar-refractivity contribution in [3.63, 3.8) is 0 Å². The van der Waals surface area contributed by atoms with Gasteiger partial charge in [-0.15, -0.1) is 0 Å². The van der Waals surface area contributed by atoms with Crippen molar-refractivity contribution in [3.05, 3.63) is 58.3 Å². The van der Waals surface area contributed by atoms with E-state index in [2.05, 4.69) is 26.0 Å². The fourth-order valence-electron chi connectivity index (χ4n) is 3.43. The molecule has 30 heavy (non-hydrogen) atoms. The lowest BCUT2D eigenvalue weighted by Gasteiger charge is -2.35. The average molecular weight is 498 g/mol. The lowest BCUT2D eigenvalue weighted by molar-refractivity contribution is -0.121. The quantitative estimate of drug-likeness (QED) is 0.638. The molecule has 0 radical (unpaired) electrons. The van der Waals surface area contributed by atoms with Gasteiger partial charge in [-0.2, -0.15) is 0 Å². The second-order valence-corrected chi connectivity index (χ2v) is 10.1. The van der Waals surface area contributed by atoms with Crippen molar-refractivity contribution in [3.8, 4) is 0 Å². The van der Waals surface area contributed by atoms with Crippen LogP contribution in [0, 0.1) is 12.7 Å². The number of nitrogens with zero attached hydrogens (tertiary/aromatic N) is 1. The first-order valence-electron chi connectivity index (χ1n) is 9.74. The van der Waals surface area contributed by atoms with E-state index in [0.717, 1.165) is 27.9 Å². The Morgan fingerprint density at radius 1 is 1.17 bits per heavy atom. The topological polar surface area (TPSA) is 78.5 Å². The van der Waals surface area contributed by atoms with E-state index in [9.17, 15) is 17.6 Å². The summed E-state index contributed by atoms with van der Waals surface area (Å²) in [5, 5.41) is 2.94. The van der Waals surface area contributed by atoms with E-state index in [-0.39, 0.29) is 22.9 Å². The summed E-state index contributed by atoms with van der Waals surface area (Å²) in [5.74, 6) is -0.586. The molecule has 6 nitrogen and oxygen atoms in total. The third-order valence-corrected chi connectivity index (χ3v) is 7.48. The number of amides is 1. The maximum Gasteiger partial charge on any atom is 0.241 e. The van der Waals surface area contributed by atoms with Crippen molar-refractivity contribution in [2.45, 2.75) is 43.7 Å². The number of benzene rings is 2. The number of piperidine rings is 1. The molecule has 1 heterocycles. The predicted molar refractivity (Wildman–Crippen MR) is 118 cm³/mol. The molecule has 1 aliphatic heterocycles. The van der Waals surface area contributed by atoms with Crippen LogP contribution in [0.4, 0.5) is 10.1 Å². The molecule has 1 saturated heterocycles. The molecule has 1 amide bonds. The van der Waals surface area contributed by atoms with E-state index in [1.807, 2.05) is 36.9 Å². The second kappa shape index (κ2) is 9.55. The zero-order valence-corrected chi connectivity index (χ0v) is 19.3. The lowest BCUT2D eigenvalue weighted by atomic mass is 10.0. The molecule has 2 aromatic rings. The number of carbonyl (C=O) groups is 1. The Hall–Kier alpha value is -1.81. The van der Waals surface area contributed by atoms with Gasteiger partial charge in [0.2, 0.25) is 15.9 Å². The molecule has 0 saturated carbocycles. The highest BCUT2D eigenvalue weighted by Crippen LogP contribution is 2.24. The fraction of sp³-hybridized carbons (Fsp3) is 0.381. The number of carbonyl (C=O) groups excluding carboxylic acids is 1. The molecule has 1 fully saturated rings. The van der Waals surface area contributed by atoms with Gasteiger partial charge in [0, 0.05) is 23.6 Å². The van der Waals surface area contributed by atoms with Crippen molar-refractivity contribution >= 4 is 37.5 Å². The van der Waals surface area contributed by atoms with Crippen LogP contribution in [0.2, 0.25) is 0 Å². The van der Waals surface area contributed by atoms with E-state index in [0.29, 0.717) is 25.9 Å². The summed E-state index contributed by atoms with van der Waals surface area (Å²) in [6, 6.07) is 9.94. The summed E-state index contributed by atoms with van der Waals surface area (Å²) in [7, 11) is -3.70. The van der Waals surface area contributed by atoms with Gasteiger partial charge in [0.25, 0.3) is 0 Å². The Morgan fingerprint density at radius 2 is 1.80 bits per heavy atom. The van der Waals surface area contributed by atoms with Crippen molar-refractivity contribution in [1.82, 2.24) is 9.62 Å².